The van der Waals surface area contributed by atoms with Crippen LogP contribution in [0.15, 0.2) is 42.9 Å². The van der Waals surface area contributed by atoms with Crippen LogP contribution in [-0.2, 0) is 6.54 Å². The zero-order chi connectivity index (χ0) is 16.5. The molecule has 0 aliphatic heterocycles. The summed E-state index contributed by atoms with van der Waals surface area (Å²) in [5, 5.41) is 6.11. The lowest BCUT2D eigenvalue weighted by atomic mass is 10.2. The topological polar surface area (TPSA) is 70.2 Å². The highest BCUT2D eigenvalue weighted by Crippen LogP contribution is 2.06. The molecule has 23 heavy (non-hydrogen) atoms. The molecule has 0 saturated heterocycles. The molecule has 0 aromatic carbocycles. The summed E-state index contributed by atoms with van der Waals surface area (Å²) >= 11 is 0. The van der Waals surface area contributed by atoms with Crippen molar-refractivity contribution < 1.29 is 4.79 Å². The second-order valence-corrected chi connectivity index (χ2v) is 5.55. The van der Waals surface area contributed by atoms with Crippen molar-refractivity contribution >= 4 is 11.7 Å². The van der Waals surface area contributed by atoms with Crippen LogP contribution in [0, 0.1) is 0 Å². The molecule has 2 N–H and O–H groups in total. The van der Waals surface area contributed by atoms with Crippen LogP contribution in [0.5, 0.6) is 0 Å². The minimum Gasteiger partial charge on any atom is -0.370 e. The van der Waals surface area contributed by atoms with E-state index in [0.29, 0.717) is 12.1 Å². The van der Waals surface area contributed by atoms with Crippen LogP contribution in [-0.4, -0.2) is 48.0 Å². The fraction of sp³-hybridized carbons (Fsp3) is 0.353. The summed E-state index contributed by atoms with van der Waals surface area (Å²) in [5.41, 5.74) is 1.57. The number of pyridine rings is 2. The fourth-order valence-corrected chi connectivity index (χ4v) is 2.03. The Bertz CT molecular complexity index is 598. The van der Waals surface area contributed by atoms with Gasteiger partial charge in [0.1, 0.15) is 5.82 Å². The van der Waals surface area contributed by atoms with Crippen molar-refractivity contribution in [3.05, 3.63) is 54.0 Å². The molecule has 0 spiro atoms. The highest BCUT2D eigenvalue weighted by atomic mass is 16.1. The number of carbonyl (C=O) groups excluding carboxylic acids is 1. The number of amides is 1. The molecule has 0 aliphatic carbocycles. The smallest absolute Gasteiger partial charge is 0.253 e. The van der Waals surface area contributed by atoms with Gasteiger partial charge in [-0.1, -0.05) is 0 Å². The van der Waals surface area contributed by atoms with Gasteiger partial charge in [-0.25, -0.2) is 4.98 Å². The highest BCUT2D eigenvalue weighted by molar-refractivity contribution is 5.93. The number of carbonyl (C=O) groups is 1. The van der Waals surface area contributed by atoms with E-state index in [9.17, 15) is 4.79 Å². The third-order valence-corrected chi connectivity index (χ3v) is 3.32. The van der Waals surface area contributed by atoms with Gasteiger partial charge in [0, 0.05) is 31.7 Å². The molecule has 2 aromatic heterocycles. The molecule has 1 amide bonds. The van der Waals surface area contributed by atoms with Gasteiger partial charge in [-0.3, -0.25) is 9.78 Å². The summed E-state index contributed by atoms with van der Waals surface area (Å²) in [6, 6.07) is 7.36. The van der Waals surface area contributed by atoms with Crippen molar-refractivity contribution in [2.24, 2.45) is 0 Å². The van der Waals surface area contributed by atoms with E-state index in [-0.39, 0.29) is 5.91 Å². The summed E-state index contributed by atoms with van der Waals surface area (Å²) in [7, 11) is 4.11. The zero-order valence-corrected chi connectivity index (χ0v) is 13.6. The number of aromatic nitrogens is 2. The maximum absolute atomic E-state index is 12.1. The number of anilines is 1. The van der Waals surface area contributed by atoms with E-state index < -0.39 is 0 Å². The standard InChI is InChI=1S/C17H23N5O/c1-22(2)11-3-8-19-16-5-4-15(13-20-16)17(23)21-12-14-6-9-18-10-7-14/h4-7,9-10,13H,3,8,11-12H2,1-2H3,(H,19,20)(H,21,23). The Labute approximate surface area is 137 Å². The first-order valence-corrected chi connectivity index (χ1v) is 7.67. The molecule has 2 heterocycles. The van der Waals surface area contributed by atoms with Gasteiger partial charge in [0.2, 0.25) is 0 Å². The van der Waals surface area contributed by atoms with Crippen molar-refractivity contribution in [2.45, 2.75) is 13.0 Å². The SMILES string of the molecule is CN(C)CCCNc1ccc(C(=O)NCc2ccncc2)cn1. The van der Waals surface area contributed by atoms with Gasteiger partial charge in [0.05, 0.1) is 5.56 Å². The average Bonchev–Trinajstić information content (AvgIpc) is 2.58. The summed E-state index contributed by atoms with van der Waals surface area (Å²) in [6.07, 6.45) is 6.05. The van der Waals surface area contributed by atoms with E-state index in [4.69, 9.17) is 0 Å². The number of hydrogen-bond donors (Lipinski definition) is 2. The molecule has 6 heteroatoms. The van der Waals surface area contributed by atoms with Crippen molar-refractivity contribution in [1.29, 1.82) is 0 Å². The molecular weight excluding hydrogens is 290 g/mol. The van der Waals surface area contributed by atoms with Crippen molar-refractivity contribution in [3.8, 4) is 0 Å². The van der Waals surface area contributed by atoms with E-state index in [1.165, 1.54) is 0 Å². The minimum atomic E-state index is -0.131. The molecule has 0 aliphatic rings. The molecule has 0 radical (unpaired) electrons. The Balaban J connectivity index is 1.78. The monoisotopic (exact) mass is 313 g/mol. The highest BCUT2D eigenvalue weighted by Gasteiger charge is 2.06. The Morgan fingerprint density at radius 1 is 1.17 bits per heavy atom. The summed E-state index contributed by atoms with van der Waals surface area (Å²) in [5.74, 6) is 0.655. The second kappa shape index (κ2) is 8.85. The molecular formula is C17H23N5O. The van der Waals surface area contributed by atoms with Crippen LogP contribution in [0.4, 0.5) is 5.82 Å². The van der Waals surface area contributed by atoms with Gasteiger partial charge >= 0.3 is 0 Å². The summed E-state index contributed by atoms with van der Waals surface area (Å²) in [6.45, 7) is 2.37. The van der Waals surface area contributed by atoms with E-state index in [0.717, 1.165) is 30.9 Å². The third-order valence-electron chi connectivity index (χ3n) is 3.32. The average molecular weight is 313 g/mol. The number of nitrogens with one attached hydrogen (secondary N) is 2. The van der Waals surface area contributed by atoms with Crippen molar-refractivity contribution in [3.63, 3.8) is 0 Å². The van der Waals surface area contributed by atoms with Crippen molar-refractivity contribution in [2.75, 3.05) is 32.5 Å². The molecule has 122 valence electrons. The molecule has 0 fully saturated rings. The summed E-state index contributed by atoms with van der Waals surface area (Å²) in [4.78, 5) is 22.4. The van der Waals surface area contributed by atoms with Crippen LogP contribution in [0.3, 0.4) is 0 Å². The Morgan fingerprint density at radius 3 is 2.61 bits per heavy atom. The van der Waals surface area contributed by atoms with E-state index in [1.807, 2.05) is 18.2 Å². The number of nitrogens with zero attached hydrogens (tertiary/aromatic N) is 3. The maximum Gasteiger partial charge on any atom is 0.253 e. The first kappa shape index (κ1) is 16.9. The van der Waals surface area contributed by atoms with Gasteiger partial charge in [-0.2, -0.15) is 0 Å². The third kappa shape index (κ3) is 6.04. The van der Waals surface area contributed by atoms with E-state index >= 15 is 0 Å². The lowest BCUT2D eigenvalue weighted by Crippen LogP contribution is -2.23. The van der Waals surface area contributed by atoms with Gasteiger partial charge in [0.25, 0.3) is 5.91 Å². The fourth-order valence-electron chi connectivity index (χ4n) is 2.03. The van der Waals surface area contributed by atoms with Gasteiger partial charge < -0.3 is 15.5 Å². The van der Waals surface area contributed by atoms with Gasteiger partial charge in [-0.15, -0.1) is 0 Å². The normalized spacial score (nSPS) is 10.6. The minimum absolute atomic E-state index is 0.131. The number of rotatable bonds is 8. The lowest BCUT2D eigenvalue weighted by Gasteiger charge is -2.10. The van der Waals surface area contributed by atoms with E-state index in [2.05, 4.69) is 39.6 Å². The lowest BCUT2D eigenvalue weighted by molar-refractivity contribution is 0.0950. The molecule has 2 rings (SSSR count). The van der Waals surface area contributed by atoms with Crippen LogP contribution >= 0.6 is 0 Å². The van der Waals surface area contributed by atoms with Crippen molar-refractivity contribution in [1.82, 2.24) is 20.2 Å². The molecule has 0 atom stereocenters. The van der Waals surface area contributed by atoms with Gasteiger partial charge in [-0.05, 0) is 56.9 Å². The van der Waals surface area contributed by atoms with Crippen LogP contribution < -0.4 is 10.6 Å². The van der Waals surface area contributed by atoms with Gasteiger partial charge in [0.15, 0.2) is 0 Å². The Hall–Kier alpha value is -2.47. The second-order valence-electron chi connectivity index (χ2n) is 5.55. The Kier molecular flexibility index (Phi) is 6.50. The first-order valence-electron chi connectivity index (χ1n) is 7.67. The van der Waals surface area contributed by atoms with Crippen LogP contribution in [0.1, 0.15) is 22.3 Å². The van der Waals surface area contributed by atoms with E-state index in [1.54, 1.807) is 24.7 Å². The molecule has 6 nitrogen and oxygen atoms in total. The maximum atomic E-state index is 12.1. The number of hydrogen-bond acceptors (Lipinski definition) is 5. The van der Waals surface area contributed by atoms with Crippen LogP contribution in [0.2, 0.25) is 0 Å². The molecule has 0 bridgehead atoms. The predicted molar refractivity (Wildman–Crippen MR) is 91.3 cm³/mol. The summed E-state index contributed by atoms with van der Waals surface area (Å²) < 4.78 is 0. The largest absolute Gasteiger partial charge is 0.370 e. The zero-order valence-electron chi connectivity index (χ0n) is 13.6. The Morgan fingerprint density at radius 2 is 1.96 bits per heavy atom. The first-order chi connectivity index (χ1) is 11.1. The van der Waals surface area contributed by atoms with Crippen LogP contribution in [0.25, 0.3) is 0 Å². The molecule has 0 unspecified atom stereocenters. The molecule has 2 aromatic rings. The predicted octanol–water partition coefficient (Wildman–Crippen LogP) is 1.77. The molecule has 0 saturated carbocycles. The quantitative estimate of drug-likeness (QED) is 0.727.